The van der Waals surface area contributed by atoms with Gasteiger partial charge in [0.15, 0.2) is 0 Å². The molecule has 0 spiro atoms. The number of ether oxygens (including phenoxy) is 1. The first-order chi connectivity index (χ1) is 7.02. The summed E-state index contributed by atoms with van der Waals surface area (Å²) in [7, 11) is 0. The van der Waals surface area contributed by atoms with E-state index in [0.29, 0.717) is 0 Å². The Labute approximate surface area is 89.1 Å². The molecule has 0 aliphatic rings. The molecule has 1 unspecified atom stereocenters. The van der Waals surface area contributed by atoms with E-state index in [2.05, 4.69) is 4.74 Å². The van der Waals surface area contributed by atoms with Crippen molar-refractivity contribution in [3.8, 4) is 0 Å². The molecule has 0 aliphatic heterocycles. The third-order valence-electron chi connectivity index (χ3n) is 2.25. The molecule has 0 aliphatic carbocycles. The molecule has 1 aromatic carbocycles. The van der Waals surface area contributed by atoms with Crippen molar-refractivity contribution in [1.82, 2.24) is 0 Å². The number of aryl methyl sites for hydroxylation is 1. The Kier molecular flexibility index (Phi) is 3.61. The maximum absolute atomic E-state index is 11.5. The van der Waals surface area contributed by atoms with Crippen molar-refractivity contribution in [3.63, 3.8) is 0 Å². The van der Waals surface area contributed by atoms with Gasteiger partial charge in [-0.3, -0.25) is 9.59 Å². The van der Waals surface area contributed by atoms with Crippen molar-refractivity contribution >= 4 is 11.9 Å². The number of hydrogen-bond acceptors (Lipinski definition) is 3. The smallest absolute Gasteiger partial charge is 0.320 e. The van der Waals surface area contributed by atoms with Gasteiger partial charge in [-0.05, 0) is 25.0 Å². The summed E-state index contributed by atoms with van der Waals surface area (Å²) >= 11 is 0. The lowest BCUT2D eigenvalue weighted by atomic mass is 9.97. The normalized spacial score (nSPS) is 11.9. The summed E-state index contributed by atoms with van der Waals surface area (Å²) in [5.74, 6) is -1.48. The fourth-order valence-electron chi connectivity index (χ4n) is 1.43. The molecular formula is C12H14O3. The van der Waals surface area contributed by atoms with Crippen molar-refractivity contribution in [2.45, 2.75) is 26.7 Å². The van der Waals surface area contributed by atoms with E-state index in [1.54, 1.807) is 6.92 Å². The molecule has 3 nitrogen and oxygen atoms in total. The Morgan fingerprint density at radius 1 is 1.27 bits per heavy atom. The molecule has 0 radical (unpaired) electrons. The van der Waals surface area contributed by atoms with Gasteiger partial charge in [0, 0.05) is 6.92 Å². The van der Waals surface area contributed by atoms with Crippen LogP contribution in [0.15, 0.2) is 24.3 Å². The summed E-state index contributed by atoms with van der Waals surface area (Å²) < 4.78 is 4.54. The van der Waals surface area contributed by atoms with Crippen molar-refractivity contribution in [2.24, 2.45) is 0 Å². The van der Waals surface area contributed by atoms with E-state index in [0.717, 1.165) is 11.1 Å². The number of esters is 2. The maximum atomic E-state index is 11.5. The van der Waals surface area contributed by atoms with Crippen LogP contribution in [0.2, 0.25) is 0 Å². The molecule has 0 saturated heterocycles. The minimum Gasteiger partial charge on any atom is -0.393 e. The van der Waals surface area contributed by atoms with Crippen molar-refractivity contribution in [1.29, 1.82) is 0 Å². The van der Waals surface area contributed by atoms with Crippen LogP contribution in [0.25, 0.3) is 0 Å². The monoisotopic (exact) mass is 206 g/mol. The average molecular weight is 206 g/mol. The van der Waals surface area contributed by atoms with E-state index in [1.165, 1.54) is 6.92 Å². The van der Waals surface area contributed by atoms with Crippen LogP contribution in [-0.4, -0.2) is 11.9 Å². The van der Waals surface area contributed by atoms with E-state index >= 15 is 0 Å². The van der Waals surface area contributed by atoms with Gasteiger partial charge in [-0.2, -0.15) is 0 Å². The van der Waals surface area contributed by atoms with Crippen molar-refractivity contribution in [3.05, 3.63) is 35.4 Å². The highest BCUT2D eigenvalue weighted by molar-refractivity contribution is 5.88. The van der Waals surface area contributed by atoms with Crippen LogP contribution < -0.4 is 0 Å². The summed E-state index contributed by atoms with van der Waals surface area (Å²) in [6.07, 6.45) is 0. The zero-order valence-corrected chi connectivity index (χ0v) is 9.11. The highest BCUT2D eigenvalue weighted by Crippen LogP contribution is 2.20. The fraction of sp³-hybridized carbons (Fsp3) is 0.333. The molecule has 0 fully saturated rings. The second kappa shape index (κ2) is 4.73. The Hall–Kier alpha value is -1.64. The molecule has 0 N–H and O–H groups in total. The lowest BCUT2D eigenvalue weighted by Gasteiger charge is -2.12. The van der Waals surface area contributed by atoms with Gasteiger partial charge in [0.1, 0.15) is 0 Å². The average Bonchev–Trinajstić information content (AvgIpc) is 2.16. The van der Waals surface area contributed by atoms with Crippen LogP contribution in [0.1, 0.15) is 30.9 Å². The SMILES string of the molecule is CC(=O)OC(=O)C(C)c1ccccc1C. The molecule has 0 aromatic heterocycles. The molecule has 80 valence electrons. The number of hydrogen-bond donors (Lipinski definition) is 0. The van der Waals surface area contributed by atoms with E-state index in [-0.39, 0.29) is 0 Å². The molecule has 1 atom stereocenters. The minimum atomic E-state index is -0.569. The zero-order chi connectivity index (χ0) is 11.4. The van der Waals surface area contributed by atoms with Gasteiger partial charge in [-0.1, -0.05) is 24.3 Å². The van der Waals surface area contributed by atoms with E-state index in [9.17, 15) is 9.59 Å². The van der Waals surface area contributed by atoms with E-state index in [4.69, 9.17) is 0 Å². The molecule has 0 amide bonds. The van der Waals surface area contributed by atoms with Crippen molar-refractivity contribution in [2.75, 3.05) is 0 Å². The predicted molar refractivity (Wildman–Crippen MR) is 56.4 cm³/mol. The van der Waals surface area contributed by atoms with E-state index in [1.807, 2.05) is 31.2 Å². The maximum Gasteiger partial charge on any atom is 0.320 e. The first kappa shape index (κ1) is 11.4. The zero-order valence-electron chi connectivity index (χ0n) is 9.11. The van der Waals surface area contributed by atoms with Gasteiger partial charge < -0.3 is 4.74 Å². The second-order valence-electron chi connectivity index (χ2n) is 3.49. The summed E-state index contributed by atoms with van der Waals surface area (Å²) in [5, 5.41) is 0. The minimum absolute atomic E-state index is 0.407. The second-order valence-corrected chi connectivity index (χ2v) is 3.49. The molecule has 1 rings (SSSR count). The highest BCUT2D eigenvalue weighted by Gasteiger charge is 2.19. The molecule has 15 heavy (non-hydrogen) atoms. The Morgan fingerprint density at radius 3 is 2.40 bits per heavy atom. The largest absolute Gasteiger partial charge is 0.393 e. The molecule has 3 heteroatoms. The standard InChI is InChI=1S/C12H14O3/c1-8-6-4-5-7-11(8)9(2)12(14)15-10(3)13/h4-7,9H,1-3H3. The molecular weight excluding hydrogens is 192 g/mol. The number of carbonyl (C=O) groups is 2. The Bertz CT molecular complexity index is 382. The summed E-state index contributed by atoms with van der Waals surface area (Å²) in [6.45, 7) is 4.88. The first-order valence-electron chi connectivity index (χ1n) is 4.80. The third kappa shape index (κ3) is 2.91. The van der Waals surface area contributed by atoms with Gasteiger partial charge in [0.2, 0.25) is 0 Å². The van der Waals surface area contributed by atoms with Crippen LogP contribution in [0.3, 0.4) is 0 Å². The van der Waals surface area contributed by atoms with E-state index < -0.39 is 17.9 Å². The highest BCUT2D eigenvalue weighted by atomic mass is 16.6. The van der Waals surface area contributed by atoms with Crippen LogP contribution >= 0.6 is 0 Å². The van der Waals surface area contributed by atoms with Crippen molar-refractivity contribution < 1.29 is 14.3 Å². The molecule has 0 bridgehead atoms. The third-order valence-corrected chi connectivity index (χ3v) is 2.25. The topological polar surface area (TPSA) is 43.4 Å². The Balaban J connectivity index is 2.85. The molecule has 0 heterocycles. The van der Waals surface area contributed by atoms with Crippen LogP contribution in [0, 0.1) is 6.92 Å². The van der Waals surface area contributed by atoms with Gasteiger partial charge >= 0.3 is 11.9 Å². The number of carbonyl (C=O) groups excluding carboxylic acids is 2. The number of rotatable bonds is 2. The van der Waals surface area contributed by atoms with Gasteiger partial charge in [-0.25, -0.2) is 0 Å². The summed E-state index contributed by atoms with van der Waals surface area (Å²) in [4.78, 5) is 22.1. The summed E-state index contributed by atoms with van der Waals surface area (Å²) in [5.41, 5.74) is 1.91. The van der Waals surface area contributed by atoms with Crippen LogP contribution in [0.5, 0.6) is 0 Å². The predicted octanol–water partition coefficient (Wildman–Crippen LogP) is 2.19. The lowest BCUT2D eigenvalue weighted by Crippen LogP contribution is -2.16. The Morgan fingerprint density at radius 2 is 1.87 bits per heavy atom. The fourth-order valence-corrected chi connectivity index (χ4v) is 1.43. The number of benzene rings is 1. The first-order valence-corrected chi connectivity index (χ1v) is 4.80. The summed E-state index contributed by atoms with van der Waals surface area (Å²) in [6, 6.07) is 7.55. The van der Waals surface area contributed by atoms with Gasteiger partial charge in [0.05, 0.1) is 5.92 Å². The van der Waals surface area contributed by atoms with Crippen LogP contribution in [-0.2, 0) is 14.3 Å². The van der Waals surface area contributed by atoms with Gasteiger partial charge in [-0.15, -0.1) is 0 Å². The van der Waals surface area contributed by atoms with Crippen LogP contribution in [0.4, 0.5) is 0 Å². The molecule has 1 aromatic rings. The quantitative estimate of drug-likeness (QED) is 0.550. The molecule has 0 saturated carbocycles. The lowest BCUT2D eigenvalue weighted by molar-refractivity contribution is -0.158. The van der Waals surface area contributed by atoms with Gasteiger partial charge in [0.25, 0.3) is 0 Å².